The van der Waals surface area contributed by atoms with Crippen LogP contribution in [-0.2, 0) is 22.6 Å². The van der Waals surface area contributed by atoms with Gasteiger partial charge in [0.15, 0.2) is 5.82 Å². The number of Topliss-reactive ketones (excluding diaryl/α,β-unsaturated/α-hetero) is 1. The molecule has 0 fully saturated rings. The summed E-state index contributed by atoms with van der Waals surface area (Å²) in [5.41, 5.74) is 9.48. The zero-order valence-corrected chi connectivity index (χ0v) is 20.9. The van der Waals surface area contributed by atoms with Crippen molar-refractivity contribution in [3.8, 4) is 5.75 Å². The fraction of sp³-hybridized carbons (Fsp3) is 0.333. The number of ketones is 1. The van der Waals surface area contributed by atoms with Crippen molar-refractivity contribution in [2.75, 3.05) is 17.7 Å². The number of hydrogen-bond donors (Lipinski definition) is 2. The molecule has 35 heavy (non-hydrogen) atoms. The van der Waals surface area contributed by atoms with Crippen LogP contribution in [0.4, 0.5) is 11.8 Å². The van der Waals surface area contributed by atoms with Crippen molar-refractivity contribution in [3.05, 3.63) is 51.4 Å². The smallest absolute Gasteiger partial charge is 0.260 e. The minimum atomic E-state index is -0.348. The Kier molecular flexibility index (Phi) is 6.58. The highest BCUT2D eigenvalue weighted by Crippen LogP contribution is 2.41. The number of rotatable bonds is 7. The molecule has 1 aliphatic heterocycles. The van der Waals surface area contributed by atoms with E-state index in [-0.39, 0.29) is 47.2 Å². The van der Waals surface area contributed by atoms with Crippen LogP contribution in [0.2, 0.25) is 5.15 Å². The number of nitrogen functional groups attached to an aromatic ring is 1. The van der Waals surface area contributed by atoms with Crippen molar-refractivity contribution in [3.63, 3.8) is 0 Å². The molecule has 0 atom stereocenters. The number of pyridine rings is 1. The number of amides is 1. The SMILES string of the molecule is COc1c(C)cnc(CN2C(=O)/C(=C\c3ncc(CC(=O)C(C)C)[nH]3)c3c(Cl)nc(N)nc32)c1C. The number of imidazole rings is 1. The fourth-order valence-corrected chi connectivity index (χ4v) is 4.22. The predicted octanol–water partition coefficient (Wildman–Crippen LogP) is 3.31. The van der Waals surface area contributed by atoms with Gasteiger partial charge in [-0.2, -0.15) is 4.98 Å². The molecule has 3 aromatic heterocycles. The summed E-state index contributed by atoms with van der Waals surface area (Å²) < 4.78 is 5.50. The van der Waals surface area contributed by atoms with Crippen molar-refractivity contribution < 1.29 is 14.3 Å². The van der Waals surface area contributed by atoms with E-state index in [0.29, 0.717) is 34.3 Å². The number of aromatic nitrogens is 5. The number of halogens is 1. The molecule has 0 saturated carbocycles. The number of ether oxygens (including phenoxy) is 1. The topological polar surface area (TPSA) is 140 Å². The first-order valence-corrected chi connectivity index (χ1v) is 11.4. The number of fused-ring (bicyclic) bond motifs is 1. The number of aromatic amines is 1. The van der Waals surface area contributed by atoms with Gasteiger partial charge in [-0.05, 0) is 19.9 Å². The van der Waals surface area contributed by atoms with E-state index in [2.05, 4.69) is 24.9 Å². The minimum Gasteiger partial charge on any atom is -0.496 e. The first-order valence-electron chi connectivity index (χ1n) is 11.0. The number of H-pyrrole nitrogens is 1. The van der Waals surface area contributed by atoms with Gasteiger partial charge >= 0.3 is 0 Å². The van der Waals surface area contributed by atoms with Crippen LogP contribution in [0, 0.1) is 19.8 Å². The third kappa shape index (κ3) is 4.61. The maximum atomic E-state index is 13.6. The number of nitrogens with two attached hydrogens (primary N) is 1. The fourth-order valence-electron chi connectivity index (χ4n) is 3.94. The Morgan fingerprint density at radius 2 is 2.00 bits per heavy atom. The number of nitrogens with one attached hydrogen (secondary N) is 1. The number of nitrogens with zero attached hydrogens (tertiary/aromatic N) is 5. The Balaban J connectivity index is 1.74. The maximum Gasteiger partial charge on any atom is 0.260 e. The highest BCUT2D eigenvalue weighted by molar-refractivity contribution is 6.41. The van der Waals surface area contributed by atoms with Crippen molar-refractivity contribution in [2.24, 2.45) is 5.92 Å². The Hall–Kier alpha value is -3.79. The number of carbonyl (C=O) groups is 2. The van der Waals surface area contributed by atoms with Gasteiger partial charge in [0, 0.05) is 41.6 Å². The van der Waals surface area contributed by atoms with Gasteiger partial charge in [-0.1, -0.05) is 25.4 Å². The standard InChI is InChI=1S/C24H26ClN7O3/c1-11(2)17(33)6-14-9-28-18(29-14)7-15-19-21(25)30-24(26)31-22(19)32(23(15)34)10-16-13(4)20(35-5)12(3)8-27-16/h7-9,11H,6,10H2,1-5H3,(H,28,29)(H2,26,30,31)/b15-7-. The molecule has 10 nitrogen and oxygen atoms in total. The molecule has 0 spiro atoms. The normalized spacial score (nSPS) is 14.2. The van der Waals surface area contributed by atoms with Gasteiger partial charge in [-0.3, -0.25) is 19.5 Å². The highest BCUT2D eigenvalue weighted by atomic mass is 35.5. The molecule has 0 bridgehead atoms. The monoisotopic (exact) mass is 495 g/mol. The summed E-state index contributed by atoms with van der Waals surface area (Å²) in [6, 6.07) is 0. The lowest BCUT2D eigenvalue weighted by Crippen LogP contribution is -2.27. The predicted molar refractivity (Wildman–Crippen MR) is 133 cm³/mol. The Morgan fingerprint density at radius 1 is 1.26 bits per heavy atom. The van der Waals surface area contributed by atoms with E-state index >= 15 is 0 Å². The molecule has 1 aliphatic rings. The Morgan fingerprint density at radius 3 is 2.69 bits per heavy atom. The minimum absolute atomic E-state index is 0.0496. The Labute approximate surface area is 207 Å². The summed E-state index contributed by atoms with van der Waals surface area (Å²) in [7, 11) is 1.59. The van der Waals surface area contributed by atoms with Gasteiger partial charge in [0.25, 0.3) is 5.91 Å². The second-order valence-corrected chi connectivity index (χ2v) is 9.02. The molecule has 3 N–H and O–H groups in total. The third-order valence-electron chi connectivity index (χ3n) is 5.86. The van der Waals surface area contributed by atoms with Crippen LogP contribution in [0.1, 0.15) is 47.8 Å². The highest BCUT2D eigenvalue weighted by Gasteiger charge is 2.37. The number of methoxy groups -OCH3 is 1. The first kappa shape index (κ1) is 24.3. The van der Waals surface area contributed by atoms with Gasteiger partial charge < -0.3 is 15.5 Å². The van der Waals surface area contributed by atoms with E-state index in [1.54, 1.807) is 25.6 Å². The van der Waals surface area contributed by atoms with Crippen LogP contribution in [0.5, 0.6) is 5.75 Å². The lowest BCUT2D eigenvalue weighted by Gasteiger charge is -2.19. The second-order valence-electron chi connectivity index (χ2n) is 8.66. The van der Waals surface area contributed by atoms with E-state index in [1.165, 1.54) is 4.90 Å². The molecular formula is C24H26ClN7O3. The van der Waals surface area contributed by atoms with E-state index in [1.807, 2.05) is 27.7 Å². The van der Waals surface area contributed by atoms with Crippen LogP contribution in [-0.4, -0.2) is 43.7 Å². The quantitative estimate of drug-likeness (QED) is 0.375. The molecule has 182 valence electrons. The number of carbonyl (C=O) groups excluding carboxylic acids is 2. The van der Waals surface area contributed by atoms with Crippen molar-refractivity contribution in [2.45, 2.75) is 40.7 Å². The van der Waals surface area contributed by atoms with Crippen LogP contribution in [0.3, 0.4) is 0 Å². The molecule has 0 saturated heterocycles. The second kappa shape index (κ2) is 9.46. The average molecular weight is 496 g/mol. The summed E-state index contributed by atoms with van der Waals surface area (Å²) in [4.78, 5) is 47.4. The van der Waals surface area contributed by atoms with E-state index in [0.717, 1.165) is 11.1 Å². The lowest BCUT2D eigenvalue weighted by molar-refractivity contribution is -0.121. The van der Waals surface area contributed by atoms with Gasteiger partial charge in [-0.25, -0.2) is 9.97 Å². The van der Waals surface area contributed by atoms with Crippen molar-refractivity contribution in [1.29, 1.82) is 0 Å². The van der Waals surface area contributed by atoms with Crippen LogP contribution in [0.15, 0.2) is 12.4 Å². The van der Waals surface area contributed by atoms with E-state index in [9.17, 15) is 9.59 Å². The summed E-state index contributed by atoms with van der Waals surface area (Å²) in [5.74, 6) is 1.01. The van der Waals surface area contributed by atoms with Crippen LogP contribution >= 0.6 is 11.6 Å². The first-order chi connectivity index (χ1) is 16.6. The van der Waals surface area contributed by atoms with E-state index in [4.69, 9.17) is 22.1 Å². The van der Waals surface area contributed by atoms with Gasteiger partial charge in [0.1, 0.15) is 22.5 Å². The maximum absolute atomic E-state index is 13.6. The number of anilines is 2. The largest absolute Gasteiger partial charge is 0.496 e. The molecule has 1 amide bonds. The summed E-state index contributed by atoms with van der Waals surface area (Å²) in [6.07, 6.45) is 5.08. The zero-order chi connectivity index (χ0) is 25.4. The average Bonchev–Trinajstić information content (AvgIpc) is 3.33. The molecule has 3 aromatic rings. The van der Waals surface area contributed by atoms with Crippen LogP contribution in [0.25, 0.3) is 11.6 Å². The summed E-state index contributed by atoms with van der Waals surface area (Å²) in [5, 5.41) is 0.0579. The number of hydrogen-bond acceptors (Lipinski definition) is 8. The molecular weight excluding hydrogens is 470 g/mol. The van der Waals surface area contributed by atoms with E-state index < -0.39 is 0 Å². The summed E-state index contributed by atoms with van der Waals surface area (Å²) >= 11 is 6.42. The molecule has 0 aliphatic carbocycles. The molecule has 0 radical (unpaired) electrons. The van der Waals surface area contributed by atoms with Crippen molar-refractivity contribution >= 4 is 46.7 Å². The molecule has 0 aromatic carbocycles. The van der Waals surface area contributed by atoms with Gasteiger partial charge in [0.2, 0.25) is 5.95 Å². The van der Waals surface area contributed by atoms with Crippen molar-refractivity contribution in [1.82, 2.24) is 24.9 Å². The molecule has 4 heterocycles. The van der Waals surface area contributed by atoms with Gasteiger partial charge in [-0.15, -0.1) is 0 Å². The lowest BCUT2D eigenvalue weighted by atomic mass is 10.1. The molecule has 0 unspecified atom stereocenters. The molecule has 4 rings (SSSR count). The molecule has 11 heteroatoms. The Bertz CT molecular complexity index is 1360. The van der Waals surface area contributed by atoms with Gasteiger partial charge in [0.05, 0.1) is 30.5 Å². The summed E-state index contributed by atoms with van der Waals surface area (Å²) in [6.45, 7) is 7.61. The third-order valence-corrected chi connectivity index (χ3v) is 6.13. The number of aryl methyl sites for hydroxylation is 1. The van der Waals surface area contributed by atoms with Crippen LogP contribution < -0.4 is 15.4 Å². The zero-order valence-electron chi connectivity index (χ0n) is 20.1.